The van der Waals surface area contributed by atoms with Gasteiger partial charge in [-0.1, -0.05) is 139 Å². The average Bonchev–Trinajstić information content (AvgIpc) is 1.31. The Kier molecular flexibility index (Phi) is 46.4. The van der Waals surface area contributed by atoms with Crippen molar-refractivity contribution in [1.29, 1.82) is 0 Å². The Morgan fingerprint density at radius 1 is 0.727 bits per heavy atom. The highest BCUT2D eigenvalue weighted by atomic mass is 32.1. The van der Waals surface area contributed by atoms with Crippen LogP contribution in [0.25, 0.3) is 0 Å². The number of carbonyl (C=O) groups excluding carboxylic acids is 13. The van der Waals surface area contributed by atoms with Crippen molar-refractivity contribution in [2.24, 2.45) is 58.5 Å². The standard InChI is InChI=1S/C44H70N4O6S.C41H62N8O12.C5H12/c1-12-30(6)42(47(10)44(53)34(28(2)3)25-38(51)41(29(4)5)46(8)9)39(54-11)26-40(52)48-21-16-19-36(48)35(27-49)31(7)37(50)24-33(43-45-20-22-55-43)23-32-17-14-13-15-18-32;1-27(2)37(46-34(53)14-22-59-24-25-60-23-16-43-33(52)13-17-49-35(54)11-12-36(49)55)32(51)26-30(6-5-15-44-41(42)58)39(56)45-31-9-7-29(8-10-31)38(61-28(3)50)40(57)48-20-18-47(4)19-21-48;1-5(2,3)4/h13-15,17-18,20,22,28-31,33-36,39,41-42,49H,12,16,19,21,23-27H2,1-11H3;7-10,27,30,37-38H,5-6,11-26H2,1-4H3,(H,43,52)(H,45,56)(H,46,53)(H3,42,44,58);1-4H3/t30-,31+,33+,34-,35+,36-,39+,41-,42-;30-,37+,38?;/m01./s1. The van der Waals surface area contributed by atoms with E-state index < -0.39 is 71.8 Å². The molecule has 3 aliphatic heterocycles. The first-order valence-electron chi connectivity index (χ1n) is 43.1. The number of thiazole rings is 1. The van der Waals surface area contributed by atoms with Crippen LogP contribution >= 0.6 is 11.3 Å². The fourth-order valence-corrected chi connectivity index (χ4v) is 16.3. The van der Waals surface area contributed by atoms with E-state index in [9.17, 15) is 67.4 Å². The number of esters is 1. The SMILES string of the molecule is CC(=O)OC(C(=O)N1CCN(C)CC1)c1ccc(NC(=O)[C@H](CCCNC(N)=O)CC(=O)[C@@H](NC(=O)CCOCCOCCNC(=O)CCN2C(=O)CCC2=O)C(C)C)cc1.CC(C)(C)C.CC[C@H](C)[C@@H]([C@@H](CC(=O)N1CCC[C@H]1[C@H](CO)[C@@H](C)C(=O)C[C@@H](Cc1ccccc1)c1nccs1)OC)N(C)C(=O)[C@@H](CC(=O)[C@H](C(C)C)N(C)C)C(C)C. The second kappa shape index (κ2) is 53.5. The number of carbonyl (C=O) groups is 13. The molecule has 7 N–H and O–H groups in total. The number of aromatic nitrogens is 1. The van der Waals surface area contributed by atoms with Gasteiger partial charge >= 0.3 is 12.0 Å². The van der Waals surface area contributed by atoms with Gasteiger partial charge in [-0.3, -0.25) is 67.3 Å². The molecule has 678 valence electrons. The number of rotatable bonds is 49. The van der Waals surface area contributed by atoms with E-state index in [1.807, 2.05) is 89.1 Å². The molecule has 0 bridgehead atoms. The van der Waals surface area contributed by atoms with Crippen LogP contribution in [0.4, 0.5) is 10.5 Å². The van der Waals surface area contributed by atoms with Gasteiger partial charge in [0.15, 0.2) is 11.6 Å². The average molecular weight is 1710 g/mol. The van der Waals surface area contributed by atoms with E-state index in [-0.39, 0.29) is 199 Å². The van der Waals surface area contributed by atoms with Gasteiger partial charge in [-0.15, -0.1) is 11.3 Å². The number of piperazine rings is 1. The number of nitrogens with two attached hydrogens (primary N) is 1. The second-order valence-corrected chi connectivity index (χ2v) is 36.1. The molecule has 4 heterocycles. The fourth-order valence-electron chi connectivity index (χ4n) is 15.5. The monoisotopic (exact) mass is 1710 g/mol. The summed E-state index contributed by atoms with van der Waals surface area (Å²) in [4.78, 5) is 183. The van der Waals surface area contributed by atoms with Crippen LogP contribution in [0.1, 0.15) is 209 Å². The number of benzene rings is 2. The zero-order valence-corrected chi connectivity index (χ0v) is 76.4. The summed E-state index contributed by atoms with van der Waals surface area (Å²) < 4.78 is 22.4. The van der Waals surface area contributed by atoms with Gasteiger partial charge in [-0.25, -0.2) is 9.78 Å². The van der Waals surface area contributed by atoms with Crippen LogP contribution < -0.4 is 27.0 Å². The molecule has 30 nitrogen and oxygen atoms in total. The minimum absolute atomic E-state index is 0.0129. The Bertz CT molecular complexity index is 3710. The maximum absolute atomic E-state index is 14.3. The molecule has 121 heavy (non-hydrogen) atoms. The zero-order chi connectivity index (χ0) is 90.4. The van der Waals surface area contributed by atoms with E-state index in [2.05, 4.69) is 84.8 Å². The van der Waals surface area contributed by atoms with E-state index in [0.29, 0.717) is 75.1 Å². The van der Waals surface area contributed by atoms with Crippen LogP contribution in [0.3, 0.4) is 0 Å². The van der Waals surface area contributed by atoms with E-state index >= 15 is 0 Å². The highest BCUT2D eigenvalue weighted by Crippen LogP contribution is 2.36. The number of hydrogen-bond acceptors (Lipinski definition) is 22. The smallest absolute Gasteiger partial charge is 0.312 e. The highest BCUT2D eigenvalue weighted by molar-refractivity contribution is 7.09. The molecule has 3 aliphatic rings. The normalized spacial score (nSPS) is 17.2. The third-order valence-corrected chi connectivity index (χ3v) is 23.2. The molecule has 0 aliphatic carbocycles. The lowest BCUT2D eigenvalue weighted by Crippen LogP contribution is -2.54. The number of primary amides is 1. The van der Waals surface area contributed by atoms with Gasteiger partial charge in [0.25, 0.3) is 5.91 Å². The van der Waals surface area contributed by atoms with Crippen molar-refractivity contribution in [3.8, 4) is 0 Å². The van der Waals surface area contributed by atoms with Crippen LogP contribution in [-0.2, 0) is 82.9 Å². The molecule has 3 fully saturated rings. The van der Waals surface area contributed by atoms with E-state index in [1.165, 1.54) is 6.92 Å². The molecule has 1 unspecified atom stereocenters. The van der Waals surface area contributed by atoms with Crippen molar-refractivity contribution in [2.75, 3.05) is 126 Å². The summed E-state index contributed by atoms with van der Waals surface area (Å²) in [7, 11) is 9.14. The van der Waals surface area contributed by atoms with Crippen molar-refractivity contribution in [1.82, 2.24) is 50.3 Å². The molecule has 0 spiro atoms. The number of imide groups is 1. The first kappa shape index (κ1) is 105. The lowest BCUT2D eigenvalue weighted by Gasteiger charge is -2.41. The van der Waals surface area contributed by atoms with E-state index in [0.717, 1.165) is 28.3 Å². The number of likely N-dealkylation sites (N-methyl/N-ethyl adjacent to an activating group) is 3. The summed E-state index contributed by atoms with van der Waals surface area (Å²) in [5.41, 5.74) is 7.64. The topological polar surface area (TPSA) is 386 Å². The Morgan fingerprint density at radius 3 is 1.90 bits per heavy atom. The number of Topliss-reactive ketones (excluding diaryl/α,β-unsaturated/α-hetero) is 3. The molecule has 6 rings (SSSR count). The zero-order valence-electron chi connectivity index (χ0n) is 75.6. The van der Waals surface area contributed by atoms with Gasteiger partial charge in [0.1, 0.15) is 5.78 Å². The maximum Gasteiger partial charge on any atom is 0.312 e. The highest BCUT2D eigenvalue weighted by Gasteiger charge is 2.44. The first-order valence-corrected chi connectivity index (χ1v) is 44.0. The molecule has 3 saturated heterocycles. The number of methoxy groups -OCH3 is 1. The number of likely N-dealkylation sites (tertiary alicyclic amines) is 2. The molecule has 0 radical (unpaired) electrons. The summed E-state index contributed by atoms with van der Waals surface area (Å²) in [6.07, 6.45) is 4.17. The minimum atomic E-state index is -1.16. The molecule has 12 atom stereocenters. The summed E-state index contributed by atoms with van der Waals surface area (Å²) in [5, 5.41) is 24.4. The number of urea groups is 1. The molecule has 10 amide bonds. The summed E-state index contributed by atoms with van der Waals surface area (Å²) in [6.45, 7) is 31.4. The molecule has 0 saturated carbocycles. The molecule has 1 aromatic heterocycles. The van der Waals surface area contributed by atoms with Crippen molar-refractivity contribution >= 4 is 93.6 Å². The van der Waals surface area contributed by atoms with Gasteiger partial charge < -0.3 is 70.7 Å². The van der Waals surface area contributed by atoms with Gasteiger partial charge in [-0.05, 0) is 100 Å². The number of ether oxygens (including phenoxy) is 4. The van der Waals surface area contributed by atoms with Crippen LogP contribution in [0.2, 0.25) is 0 Å². The van der Waals surface area contributed by atoms with Crippen LogP contribution in [0.15, 0.2) is 66.2 Å². The summed E-state index contributed by atoms with van der Waals surface area (Å²) in [5.74, 6) is -5.66. The Morgan fingerprint density at radius 2 is 1.36 bits per heavy atom. The Hall–Kier alpha value is -8.46. The predicted molar refractivity (Wildman–Crippen MR) is 466 cm³/mol. The van der Waals surface area contributed by atoms with Gasteiger partial charge in [-0.2, -0.15) is 0 Å². The molecule has 31 heteroatoms. The van der Waals surface area contributed by atoms with Crippen molar-refractivity contribution < 1.29 is 86.4 Å². The minimum Gasteiger partial charge on any atom is -0.447 e. The second-order valence-electron chi connectivity index (χ2n) is 35.2. The lowest BCUT2D eigenvalue weighted by atomic mass is 9.80. The number of ketones is 3. The number of amides is 10. The maximum atomic E-state index is 14.3. The molecule has 3 aromatic rings. The Labute approximate surface area is 722 Å². The van der Waals surface area contributed by atoms with Crippen molar-refractivity contribution in [3.63, 3.8) is 0 Å². The van der Waals surface area contributed by atoms with Crippen molar-refractivity contribution in [2.45, 2.75) is 229 Å². The third-order valence-electron chi connectivity index (χ3n) is 22.3. The van der Waals surface area contributed by atoms with E-state index in [1.54, 1.807) is 79.6 Å². The summed E-state index contributed by atoms with van der Waals surface area (Å²) in [6, 6.07) is 13.9. The van der Waals surface area contributed by atoms with E-state index in [4.69, 9.17) is 24.7 Å². The number of aliphatic hydroxyl groups is 1. The number of nitrogens with one attached hydrogen (secondary N) is 4. The number of anilines is 1. The first-order chi connectivity index (χ1) is 57.1. The van der Waals surface area contributed by atoms with Crippen LogP contribution in [-0.4, -0.2) is 267 Å². The fraction of sp³-hybridized carbons (Fsp3) is 0.689. The predicted octanol–water partition coefficient (Wildman–Crippen LogP) is 9.06. The largest absolute Gasteiger partial charge is 0.447 e. The van der Waals surface area contributed by atoms with Crippen LogP contribution in [0, 0.1) is 52.8 Å². The van der Waals surface area contributed by atoms with Gasteiger partial charge in [0.2, 0.25) is 47.5 Å². The van der Waals surface area contributed by atoms with Crippen molar-refractivity contribution in [3.05, 3.63) is 82.3 Å². The lowest BCUT2D eigenvalue weighted by molar-refractivity contribution is -0.160. The van der Waals surface area contributed by atoms with Gasteiger partial charge in [0.05, 0.1) is 62.1 Å². The van der Waals surface area contributed by atoms with Crippen LogP contribution in [0.5, 0.6) is 0 Å². The number of aliphatic hydroxyl groups excluding tert-OH is 1. The third kappa shape index (κ3) is 36.5. The quantitative estimate of drug-likeness (QED) is 0.0174. The Balaban J connectivity index is 0.000000483. The molecule has 2 aromatic carbocycles. The number of hydrogen-bond donors (Lipinski definition) is 6. The molecular formula is C90H144N12O18S. The molecular weight excluding hydrogens is 1570 g/mol. The summed E-state index contributed by atoms with van der Waals surface area (Å²) >= 11 is 1.55. The van der Waals surface area contributed by atoms with Gasteiger partial charge in [0, 0.05) is 183 Å². The number of nitrogens with zero attached hydrogens (tertiary/aromatic N) is 7.